The molecule has 0 saturated heterocycles. The molecule has 3 heteroatoms. The lowest BCUT2D eigenvalue weighted by Gasteiger charge is -2.38. The van der Waals surface area contributed by atoms with Crippen molar-refractivity contribution in [3.63, 3.8) is 0 Å². The van der Waals surface area contributed by atoms with Crippen molar-refractivity contribution in [1.82, 2.24) is 4.90 Å². The van der Waals surface area contributed by atoms with E-state index in [1.54, 1.807) is 0 Å². The van der Waals surface area contributed by atoms with E-state index in [9.17, 15) is 4.39 Å². The number of likely N-dealkylation sites (N-methyl/N-ethyl adjacent to an activating group) is 1. The molecule has 2 N–H and O–H groups in total. The van der Waals surface area contributed by atoms with Crippen LogP contribution in [0.2, 0.25) is 0 Å². The highest BCUT2D eigenvalue weighted by Crippen LogP contribution is 2.19. The number of hydrogen-bond donors (Lipinski definition) is 1. The number of rotatable bonds is 7. The van der Waals surface area contributed by atoms with Gasteiger partial charge in [0, 0.05) is 12.1 Å². The van der Waals surface area contributed by atoms with Gasteiger partial charge in [-0.05, 0) is 51.1 Å². The van der Waals surface area contributed by atoms with Crippen LogP contribution in [0.25, 0.3) is 0 Å². The zero-order valence-corrected chi connectivity index (χ0v) is 11.7. The molecule has 102 valence electrons. The molecule has 0 radical (unpaired) electrons. The molecule has 18 heavy (non-hydrogen) atoms. The summed E-state index contributed by atoms with van der Waals surface area (Å²) in [6, 6.07) is 6.71. The van der Waals surface area contributed by atoms with Crippen LogP contribution in [-0.4, -0.2) is 30.6 Å². The molecule has 1 atom stereocenters. The Morgan fingerprint density at radius 2 is 1.89 bits per heavy atom. The van der Waals surface area contributed by atoms with Gasteiger partial charge in [-0.1, -0.05) is 25.5 Å². The SMILES string of the molecule is CCCCN(C)C(C)(CN)Cc1ccc(F)cc1. The number of nitrogens with two attached hydrogens (primary N) is 1. The van der Waals surface area contributed by atoms with Crippen molar-refractivity contribution >= 4 is 0 Å². The molecule has 1 unspecified atom stereocenters. The average molecular weight is 252 g/mol. The van der Waals surface area contributed by atoms with E-state index < -0.39 is 0 Å². The quantitative estimate of drug-likeness (QED) is 0.808. The van der Waals surface area contributed by atoms with Crippen molar-refractivity contribution in [2.75, 3.05) is 20.1 Å². The number of halogens is 1. The van der Waals surface area contributed by atoms with E-state index >= 15 is 0 Å². The summed E-state index contributed by atoms with van der Waals surface area (Å²) in [5.41, 5.74) is 7.01. The van der Waals surface area contributed by atoms with E-state index in [1.807, 2.05) is 12.1 Å². The van der Waals surface area contributed by atoms with Gasteiger partial charge in [-0.25, -0.2) is 4.39 Å². The summed E-state index contributed by atoms with van der Waals surface area (Å²) in [4.78, 5) is 2.32. The van der Waals surface area contributed by atoms with Crippen LogP contribution in [0.5, 0.6) is 0 Å². The Hall–Kier alpha value is -0.930. The van der Waals surface area contributed by atoms with Crippen LogP contribution in [-0.2, 0) is 6.42 Å². The first kappa shape index (κ1) is 15.1. The van der Waals surface area contributed by atoms with E-state index in [1.165, 1.54) is 25.0 Å². The summed E-state index contributed by atoms with van der Waals surface area (Å²) in [7, 11) is 2.12. The maximum Gasteiger partial charge on any atom is 0.123 e. The second-order valence-electron chi connectivity index (χ2n) is 5.28. The Bertz CT molecular complexity index is 350. The van der Waals surface area contributed by atoms with E-state index in [4.69, 9.17) is 5.73 Å². The lowest BCUT2D eigenvalue weighted by molar-refractivity contribution is 0.142. The molecule has 0 aliphatic carbocycles. The van der Waals surface area contributed by atoms with Crippen molar-refractivity contribution in [2.24, 2.45) is 5.73 Å². The van der Waals surface area contributed by atoms with E-state index in [2.05, 4.69) is 25.8 Å². The lowest BCUT2D eigenvalue weighted by atomic mass is 9.91. The van der Waals surface area contributed by atoms with Crippen LogP contribution in [0.3, 0.4) is 0 Å². The van der Waals surface area contributed by atoms with Crippen molar-refractivity contribution in [3.05, 3.63) is 35.6 Å². The molecule has 0 bridgehead atoms. The summed E-state index contributed by atoms with van der Waals surface area (Å²) in [5.74, 6) is -0.187. The minimum Gasteiger partial charge on any atom is -0.329 e. The topological polar surface area (TPSA) is 29.3 Å². The fourth-order valence-electron chi connectivity index (χ4n) is 2.07. The summed E-state index contributed by atoms with van der Waals surface area (Å²) in [5, 5.41) is 0. The number of benzene rings is 1. The van der Waals surface area contributed by atoms with Gasteiger partial charge in [0.25, 0.3) is 0 Å². The summed E-state index contributed by atoms with van der Waals surface area (Å²) >= 11 is 0. The highest BCUT2D eigenvalue weighted by molar-refractivity contribution is 5.19. The first-order chi connectivity index (χ1) is 8.51. The van der Waals surface area contributed by atoms with Crippen LogP contribution >= 0.6 is 0 Å². The van der Waals surface area contributed by atoms with Crippen LogP contribution in [0.4, 0.5) is 4.39 Å². The lowest BCUT2D eigenvalue weighted by Crippen LogP contribution is -2.51. The third-order valence-corrected chi connectivity index (χ3v) is 3.71. The Morgan fingerprint density at radius 3 is 2.39 bits per heavy atom. The average Bonchev–Trinajstić information content (AvgIpc) is 2.38. The molecule has 0 fully saturated rings. The number of hydrogen-bond acceptors (Lipinski definition) is 2. The monoisotopic (exact) mass is 252 g/mol. The second-order valence-corrected chi connectivity index (χ2v) is 5.28. The van der Waals surface area contributed by atoms with Crippen molar-refractivity contribution in [1.29, 1.82) is 0 Å². The maximum absolute atomic E-state index is 12.9. The molecule has 0 aliphatic rings. The third kappa shape index (κ3) is 4.07. The fourth-order valence-corrected chi connectivity index (χ4v) is 2.07. The summed E-state index contributed by atoms with van der Waals surface area (Å²) in [6.45, 7) is 6.01. The number of unbranched alkanes of at least 4 members (excludes halogenated alkanes) is 1. The van der Waals surface area contributed by atoms with Crippen LogP contribution in [0, 0.1) is 5.82 Å². The van der Waals surface area contributed by atoms with Gasteiger partial charge in [0.2, 0.25) is 0 Å². The molecule has 0 aromatic heterocycles. The third-order valence-electron chi connectivity index (χ3n) is 3.71. The molecule has 2 nitrogen and oxygen atoms in total. The molecule has 0 saturated carbocycles. The van der Waals surface area contributed by atoms with Gasteiger partial charge in [-0.3, -0.25) is 4.90 Å². The van der Waals surface area contributed by atoms with Crippen molar-refractivity contribution < 1.29 is 4.39 Å². The number of nitrogens with zero attached hydrogens (tertiary/aromatic N) is 1. The Balaban J connectivity index is 2.72. The molecule has 0 spiro atoms. The predicted molar refractivity (Wildman–Crippen MR) is 75.1 cm³/mol. The first-order valence-electron chi connectivity index (χ1n) is 6.67. The van der Waals surface area contributed by atoms with Gasteiger partial charge in [0.15, 0.2) is 0 Å². The van der Waals surface area contributed by atoms with E-state index in [-0.39, 0.29) is 11.4 Å². The van der Waals surface area contributed by atoms with Crippen molar-refractivity contribution in [2.45, 2.75) is 38.6 Å². The van der Waals surface area contributed by atoms with Gasteiger partial charge >= 0.3 is 0 Å². The highest BCUT2D eigenvalue weighted by atomic mass is 19.1. The smallest absolute Gasteiger partial charge is 0.123 e. The van der Waals surface area contributed by atoms with E-state index in [0.717, 1.165) is 18.5 Å². The predicted octanol–water partition coefficient (Wildman–Crippen LogP) is 2.82. The minimum absolute atomic E-state index is 0.0625. The van der Waals surface area contributed by atoms with Crippen LogP contribution in [0.1, 0.15) is 32.3 Å². The molecule has 0 heterocycles. The molecule has 1 aromatic carbocycles. The second kappa shape index (κ2) is 6.86. The zero-order valence-electron chi connectivity index (χ0n) is 11.7. The van der Waals surface area contributed by atoms with Gasteiger partial charge in [0.05, 0.1) is 0 Å². The molecular formula is C15H25FN2. The first-order valence-corrected chi connectivity index (χ1v) is 6.67. The van der Waals surface area contributed by atoms with Gasteiger partial charge < -0.3 is 5.73 Å². The van der Waals surface area contributed by atoms with Gasteiger partial charge in [0.1, 0.15) is 5.82 Å². The van der Waals surface area contributed by atoms with Gasteiger partial charge in [-0.15, -0.1) is 0 Å². The summed E-state index contributed by atoms with van der Waals surface area (Å²) in [6.07, 6.45) is 3.21. The van der Waals surface area contributed by atoms with Crippen molar-refractivity contribution in [3.8, 4) is 0 Å². The Morgan fingerprint density at radius 1 is 1.28 bits per heavy atom. The largest absolute Gasteiger partial charge is 0.329 e. The molecule has 0 aliphatic heterocycles. The van der Waals surface area contributed by atoms with E-state index in [0.29, 0.717) is 6.54 Å². The molecule has 1 rings (SSSR count). The maximum atomic E-state index is 12.9. The fraction of sp³-hybridized carbons (Fsp3) is 0.600. The zero-order chi connectivity index (χ0) is 13.6. The van der Waals surface area contributed by atoms with Gasteiger partial charge in [-0.2, -0.15) is 0 Å². The molecule has 1 aromatic rings. The summed E-state index contributed by atoms with van der Waals surface area (Å²) < 4.78 is 12.9. The standard InChI is InChI=1S/C15H25FN2/c1-4-5-10-18(3)15(2,12-17)11-13-6-8-14(16)9-7-13/h6-9H,4-5,10-12,17H2,1-3H3. The Labute approximate surface area is 110 Å². The van der Waals surface area contributed by atoms with Crippen LogP contribution in [0.15, 0.2) is 24.3 Å². The normalized spacial score (nSPS) is 14.8. The molecule has 0 amide bonds. The van der Waals surface area contributed by atoms with Crippen LogP contribution < -0.4 is 5.73 Å². The molecular weight excluding hydrogens is 227 g/mol. The highest BCUT2D eigenvalue weighted by Gasteiger charge is 2.27. The Kier molecular flexibility index (Phi) is 5.76. The minimum atomic E-state index is -0.187.